The molecule has 1 aromatic heterocycles. The molecule has 0 aliphatic carbocycles. The van der Waals surface area contributed by atoms with Crippen molar-refractivity contribution < 1.29 is 14.6 Å². The van der Waals surface area contributed by atoms with Gasteiger partial charge >= 0.3 is 0 Å². The molecule has 0 saturated heterocycles. The molecule has 0 aliphatic rings. The van der Waals surface area contributed by atoms with Gasteiger partial charge in [-0.15, -0.1) is 11.3 Å². The Balaban J connectivity index is 1.53. The summed E-state index contributed by atoms with van der Waals surface area (Å²) in [7, 11) is 0. The summed E-state index contributed by atoms with van der Waals surface area (Å²) in [6, 6.07) is 22.6. The lowest BCUT2D eigenvalue weighted by Crippen LogP contribution is -2.35. The van der Waals surface area contributed by atoms with E-state index < -0.39 is 12.2 Å². The number of rotatable bonds is 7. The fraction of sp³-hybridized carbons (Fsp3) is 0.190. The van der Waals surface area contributed by atoms with Gasteiger partial charge in [-0.05, 0) is 36.8 Å². The molecule has 0 spiro atoms. The zero-order chi connectivity index (χ0) is 18.4. The van der Waals surface area contributed by atoms with E-state index in [0.29, 0.717) is 12.3 Å². The van der Waals surface area contributed by atoms with Crippen molar-refractivity contribution in [2.24, 2.45) is 0 Å². The number of thiophene rings is 1. The molecule has 0 aliphatic heterocycles. The van der Waals surface area contributed by atoms with Crippen LogP contribution in [-0.2, 0) is 11.3 Å². The number of carbonyl (C=O) groups is 1. The minimum Gasteiger partial charge on any atom is -0.481 e. The van der Waals surface area contributed by atoms with Crippen LogP contribution >= 0.6 is 11.3 Å². The van der Waals surface area contributed by atoms with Crippen LogP contribution in [0, 0.1) is 0 Å². The lowest BCUT2D eigenvalue weighted by molar-refractivity contribution is -0.127. The Morgan fingerprint density at radius 3 is 2.38 bits per heavy atom. The Kier molecular flexibility index (Phi) is 6.04. The number of amides is 1. The second-order valence-electron chi connectivity index (χ2n) is 5.91. The molecule has 134 valence electrons. The van der Waals surface area contributed by atoms with Gasteiger partial charge in [0.25, 0.3) is 5.91 Å². The maximum Gasteiger partial charge on any atom is 0.261 e. The van der Waals surface area contributed by atoms with Crippen LogP contribution < -0.4 is 10.1 Å². The summed E-state index contributed by atoms with van der Waals surface area (Å²) in [6.45, 7) is 2.13. The number of nitrogens with one attached hydrogen (secondary N) is 1. The minimum absolute atomic E-state index is 0.174. The molecule has 0 fully saturated rings. The van der Waals surface area contributed by atoms with Crippen molar-refractivity contribution in [1.29, 1.82) is 0 Å². The van der Waals surface area contributed by atoms with E-state index in [1.807, 2.05) is 72.8 Å². The smallest absolute Gasteiger partial charge is 0.261 e. The molecule has 2 atom stereocenters. The molecule has 3 aromatic rings. The Hall–Kier alpha value is -2.63. The van der Waals surface area contributed by atoms with E-state index in [9.17, 15) is 9.90 Å². The molecule has 1 heterocycles. The summed E-state index contributed by atoms with van der Waals surface area (Å²) in [6.07, 6.45) is -1.22. The third-order valence-corrected chi connectivity index (χ3v) is 5.07. The average molecular weight is 367 g/mol. The standard InChI is InChI=1S/C21H21NO3S/c1-15(25-17-10-6-3-7-11-17)21(24)22-14-18-12-13-19(26-18)20(23)16-8-4-2-5-9-16/h2-13,15,20,23H,14H2,1H3,(H,22,24)/t15-,20+/m1/s1. The van der Waals surface area contributed by atoms with Crippen LogP contribution in [0.3, 0.4) is 0 Å². The molecule has 2 aromatic carbocycles. The summed E-state index contributed by atoms with van der Waals surface area (Å²) in [5, 5.41) is 13.3. The monoisotopic (exact) mass is 367 g/mol. The van der Waals surface area contributed by atoms with Gasteiger partial charge in [0.15, 0.2) is 6.10 Å². The number of aliphatic hydroxyl groups is 1. The summed E-state index contributed by atoms with van der Waals surface area (Å²) >= 11 is 1.49. The van der Waals surface area contributed by atoms with E-state index in [1.165, 1.54) is 11.3 Å². The number of para-hydroxylation sites is 1. The summed E-state index contributed by atoms with van der Waals surface area (Å²) in [5.74, 6) is 0.493. The van der Waals surface area contributed by atoms with E-state index >= 15 is 0 Å². The Labute approximate surface area is 157 Å². The third-order valence-electron chi connectivity index (χ3n) is 3.93. The van der Waals surface area contributed by atoms with Gasteiger partial charge < -0.3 is 15.2 Å². The number of carbonyl (C=O) groups excluding carboxylic acids is 1. The lowest BCUT2D eigenvalue weighted by atomic mass is 10.1. The zero-order valence-electron chi connectivity index (χ0n) is 14.5. The maximum atomic E-state index is 12.2. The minimum atomic E-state index is -0.647. The number of hydrogen-bond donors (Lipinski definition) is 2. The first-order valence-corrected chi connectivity index (χ1v) is 9.26. The molecule has 0 radical (unpaired) electrons. The molecule has 2 N–H and O–H groups in total. The Bertz CT molecular complexity index is 833. The van der Waals surface area contributed by atoms with E-state index in [1.54, 1.807) is 6.92 Å². The SMILES string of the molecule is C[C@@H](Oc1ccccc1)C(=O)NCc1ccc([C@@H](O)c2ccccc2)s1. The summed E-state index contributed by atoms with van der Waals surface area (Å²) < 4.78 is 5.62. The zero-order valence-corrected chi connectivity index (χ0v) is 15.3. The Morgan fingerprint density at radius 2 is 1.69 bits per heavy atom. The fourth-order valence-electron chi connectivity index (χ4n) is 2.51. The van der Waals surface area contributed by atoms with Gasteiger partial charge in [0.05, 0.1) is 6.54 Å². The quantitative estimate of drug-likeness (QED) is 0.666. The summed E-state index contributed by atoms with van der Waals surface area (Å²) in [4.78, 5) is 14.0. The molecule has 1 amide bonds. The van der Waals surface area contributed by atoms with Gasteiger partial charge in [-0.1, -0.05) is 48.5 Å². The molecular weight excluding hydrogens is 346 g/mol. The van der Waals surface area contributed by atoms with Gasteiger partial charge in [0.2, 0.25) is 0 Å². The fourth-order valence-corrected chi connectivity index (χ4v) is 3.48. The van der Waals surface area contributed by atoms with Crippen molar-refractivity contribution in [1.82, 2.24) is 5.32 Å². The predicted octanol–water partition coefficient (Wildman–Crippen LogP) is 3.91. The highest BCUT2D eigenvalue weighted by Gasteiger charge is 2.16. The van der Waals surface area contributed by atoms with E-state index in [-0.39, 0.29) is 5.91 Å². The molecule has 3 rings (SSSR count). The topological polar surface area (TPSA) is 58.6 Å². The summed E-state index contributed by atoms with van der Waals surface area (Å²) in [5.41, 5.74) is 0.856. The van der Waals surface area contributed by atoms with Crippen LogP contribution in [0.15, 0.2) is 72.8 Å². The number of ether oxygens (including phenoxy) is 1. The normalized spacial score (nSPS) is 13.0. The molecule has 0 saturated carbocycles. The van der Waals surface area contributed by atoms with Crippen LogP contribution in [-0.4, -0.2) is 17.1 Å². The van der Waals surface area contributed by atoms with E-state index in [4.69, 9.17) is 4.74 Å². The van der Waals surface area contributed by atoms with Gasteiger partial charge in [-0.3, -0.25) is 4.79 Å². The van der Waals surface area contributed by atoms with Gasteiger partial charge in [0.1, 0.15) is 11.9 Å². The lowest BCUT2D eigenvalue weighted by Gasteiger charge is -2.14. The van der Waals surface area contributed by atoms with Crippen LogP contribution in [0.2, 0.25) is 0 Å². The largest absolute Gasteiger partial charge is 0.481 e. The van der Waals surface area contributed by atoms with Crippen molar-refractivity contribution in [3.63, 3.8) is 0 Å². The van der Waals surface area contributed by atoms with Gasteiger partial charge in [-0.25, -0.2) is 0 Å². The van der Waals surface area contributed by atoms with Crippen molar-refractivity contribution >= 4 is 17.2 Å². The highest BCUT2D eigenvalue weighted by Crippen LogP contribution is 2.28. The molecule has 26 heavy (non-hydrogen) atoms. The first kappa shape index (κ1) is 18.2. The first-order valence-electron chi connectivity index (χ1n) is 8.44. The number of benzene rings is 2. The third kappa shape index (κ3) is 4.71. The number of hydrogen-bond acceptors (Lipinski definition) is 4. The van der Waals surface area contributed by atoms with E-state index in [0.717, 1.165) is 15.3 Å². The molecule has 0 unspecified atom stereocenters. The molecular formula is C21H21NO3S. The van der Waals surface area contributed by atoms with Crippen molar-refractivity contribution in [2.45, 2.75) is 25.7 Å². The highest BCUT2D eigenvalue weighted by atomic mass is 32.1. The molecule has 5 heteroatoms. The van der Waals surface area contributed by atoms with Gasteiger partial charge in [-0.2, -0.15) is 0 Å². The maximum absolute atomic E-state index is 12.2. The van der Waals surface area contributed by atoms with Crippen LogP contribution in [0.25, 0.3) is 0 Å². The van der Waals surface area contributed by atoms with Crippen molar-refractivity contribution in [3.8, 4) is 5.75 Å². The predicted molar refractivity (Wildman–Crippen MR) is 103 cm³/mol. The first-order chi connectivity index (χ1) is 12.6. The van der Waals surface area contributed by atoms with Crippen LogP contribution in [0.5, 0.6) is 5.75 Å². The van der Waals surface area contributed by atoms with Crippen LogP contribution in [0.1, 0.15) is 28.3 Å². The highest BCUT2D eigenvalue weighted by molar-refractivity contribution is 7.12. The second-order valence-corrected chi connectivity index (χ2v) is 7.11. The average Bonchev–Trinajstić information content (AvgIpc) is 3.16. The van der Waals surface area contributed by atoms with Crippen molar-refractivity contribution in [3.05, 3.63) is 88.1 Å². The molecule has 0 bridgehead atoms. The second kappa shape index (κ2) is 8.65. The van der Waals surface area contributed by atoms with Crippen LogP contribution in [0.4, 0.5) is 0 Å². The van der Waals surface area contributed by atoms with Crippen molar-refractivity contribution in [2.75, 3.05) is 0 Å². The van der Waals surface area contributed by atoms with E-state index in [2.05, 4.69) is 5.32 Å². The van der Waals surface area contributed by atoms with Gasteiger partial charge in [0, 0.05) is 9.75 Å². The Morgan fingerprint density at radius 1 is 1.04 bits per heavy atom. The molecule has 4 nitrogen and oxygen atoms in total. The number of aliphatic hydroxyl groups excluding tert-OH is 1.